The van der Waals surface area contributed by atoms with Crippen LogP contribution in [0.4, 0.5) is 0 Å². The minimum absolute atomic E-state index is 0.279. The number of amides is 1. The van der Waals surface area contributed by atoms with Crippen molar-refractivity contribution in [2.24, 2.45) is 5.92 Å². The van der Waals surface area contributed by atoms with E-state index in [-0.39, 0.29) is 11.5 Å². The Bertz CT molecular complexity index is 231. The molecule has 0 saturated heterocycles. The Kier molecular flexibility index (Phi) is 6.78. The van der Waals surface area contributed by atoms with Gasteiger partial charge in [-0.1, -0.05) is 0 Å². The van der Waals surface area contributed by atoms with Crippen molar-refractivity contribution < 1.29 is 19.8 Å². The quantitative estimate of drug-likeness (QED) is 0.410. The molecule has 1 amide bonds. The molecule has 0 unspecified atom stereocenters. The number of hydrogen-bond donors (Lipinski definition) is 5. The highest BCUT2D eigenvalue weighted by Gasteiger charge is 2.27. The molecule has 0 spiro atoms. The summed E-state index contributed by atoms with van der Waals surface area (Å²) in [5.74, 6) is -1.64. The van der Waals surface area contributed by atoms with Crippen molar-refractivity contribution in [3.63, 3.8) is 0 Å². The van der Waals surface area contributed by atoms with Crippen molar-refractivity contribution in [3.8, 4) is 0 Å². The fourth-order valence-electron chi connectivity index (χ4n) is 0.883. The summed E-state index contributed by atoms with van der Waals surface area (Å²) in [5.41, 5.74) is 0. The number of carboxylic acids is 1. The first-order chi connectivity index (χ1) is 6.93. The van der Waals surface area contributed by atoms with Crippen molar-refractivity contribution in [3.05, 3.63) is 0 Å². The fraction of sp³-hybridized carbons (Fsp3) is 0.750. The summed E-state index contributed by atoms with van der Waals surface area (Å²) in [5, 5.41) is 20.1. The molecule has 0 aliphatic carbocycles. The molecule has 0 fully saturated rings. The van der Waals surface area contributed by atoms with Crippen molar-refractivity contribution in [1.29, 1.82) is 0 Å². The number of aliphatic hydroxyl groups is 1. The molecule has 15 heavy (non-hydrogen) atoms. The summed E-state index contributed by atoms with van der Waals surface area (Å²) in [4.78, 5) is 22.1. The van der Waals surface area contributed by atoms with Gasteiger partial charge in [0, 0.05) is 11.5 Å². The number of hydrogen-bond acceptors (Lipinski definition) is 5. The van der Waals surface area contributed by atoms with Gasteiger partial charge < -0.3 is 15.5 Å². The summed E-state index contributed by atoms with van der Waals surface area (Å²) >= 11 is 7.88. The summed E-state index contributed by atoms with van der Waals surface area (Å²) in [6.45, 7) is 1.30. The van der Waals surface area contributed by atoms with E-state index in [1.807, 2.05) is 0 Å². The molecule has 0 aliphatic heterocycles. The second-order valence-electron chi connectivity index (χ2n) is 3.13. The standard InChI is InChI=1S/C8H15NO4S2/c1-4(10)6(8(12)13)9-7(11)5(2-14)3-15/h4-6,10,14-15H,2-3H2,1H3,(H,9,11)(H,12,13)/t4-,6+/m1/s1. The van der Waals surface area contributed by atoms with Crippen LogP contribution in [0.5, 0.6) is 0 Å². The Labute approximate surface area is 99.1 Å². The van der Waals surface area contributed by atoms with Crippen LogP contribution in [0.2, 0.25) is 0 Å². The topological polar surface area (TPSA) is 86.6 Å². The molecule has 0 saturated carbocycles. The molecule has 5 nitrogen and oxygen atoms in total. The molecule has 0 aromatic carbocycles. The molecule has 0 aliphatic rings. The Morgan fingerprint density at radius 3 is 2.07 bits per heavy atom. The van der Waals surface area contributed by atoms with E-state index in [2.05, 4.69) is 30.6 Å². The van der Waals surface area contributed by atoms with Crippen LogP contribution in [0.3, 0.4) is 0 Å². The van der Waals surface area contributed by atoms with Crippen LogP contribution in [-0.4, -0.2) is 45.7 Å². The molecule has 0 aromatic rings. The third kappa shape index (κ3) is 4.76. The molecule has 2 atom stereocenters. The van der Waals surface area contributed by atoms with E-state index >= 15 is 0 Å². The number of carbonyl (C=O) groups is 2. The van der Waals surface area contributed by atoms with E-state index in [4.69, 9.17) is 10.2 Å². The van der Waals surface area contributed by atoms with E-state index in [0.717, 1.165) is 0 Å². The van der Waals surface area contributed by atoms with Crippen LogP contribution in [0, 0.1) is 5.92 Å². The maximum Gasteiger partial charge on any atom is 0.328 e. The van der Waals surface area contributed by atoms with Gasteiger partial charge in [-0.15, -0.1) is 0 Å². The molecule has 0 radical (unpaired) electrons. The highest BCUT2D eigenvalue weighted by Crippen LogP contribution is 2.04. The Morgan fingerprint density at radius 2 is 1.80 bits per heavy atom. The van der Waals surface area contributed by atoms with E-state index in [0.29, 0.717) is 0 Å². The lowest BCUT2D eigenvalue weighted by Crippen LogP contribution is -2.50. The number of rotatable bonds is 6. The number of aliphatic carboxylic acids is 1. The Hall–Kier alpha value is -0.400. The van der Waals surface area contributed by atoms with Crippen molar-refractivity contribution in [1.82, 2.24) is 5.32 Å². The average Bonchev–Trinajstić information content (AvgIpc) is 2.15. The first kappa shape index (κ1) is 14.6. The van der Waals surface area contributed by atoms with Gasteiger partial charge in [-0.25, -0.2) is 4.79 Å². The van der Waals surface area contributed by atoms with Gasteiger partial charge >= 0.3 is 5.97 Å². The van der Waals surface area contributed by atoms with Gasteiger partial charge in [0.1, 0.15) is 0 Å². The van der Waals surface area contributed by atoms with Crippen LogP contribution in [0.15, 0.2) is 0 Å². The SMILES string of the molecule is C[C@@H](O)[C@H](NC(=O)C(CS)CS)C(=O)O. The van der Waals surface area contributed by atoms with Gasteiger partial charge in [0.15, 0.2) is 6.04 Å². The average molecular weight is 253 g/mol. The van der Waals surface area contributed by atoms with Gasteiger partial charge in [0.2, 0.25) is 5.91 Å². The second kappa shape index (κ2) is 6.97. The lowest BCUT2D eigenvalue weighted by Gasteiger charge is -2.19. The van der Waals surface area contributed by atoms with Crippen LogP contribution in [0.1, 0.15) is 6.92 Å². The third-order valence-electron chi connectivity index (χ3n) is 1.86. The highest BCUT2D eigenvalue weighted by molar-refractivity contribution is 7.81. The van der Waals surface area contributed by atoms with Crippen LogP contribution in [0.25, 0.3) is 0 Å². The normalized spacial score (nSPS) is 14.7. The number of nitrogens with one attached hydrogen (secondary N) is 1. The lowest BCUT2D eigenvalue weighted by atomic mass is 10.1. The predicted octanol–water partition coefficient (Wildman–Crippen LogP) is -0.588. The van der Waals surface area contributed by atoms with Gasteiger partial charge in [0.05, 0.1) is 12.0 Å². The maximum absolute atomic E-state index is 11.4. The molecule has 0 rings (SSSR count). The van der Waals surface area contributed by atoms with Crippen molar-refractivity contribution in [2.75, 3.05) is 11.5 Å². The predicted molar refractivity (Wildman–Crippen MR) is 62.4 cm³/mol. The molecule has 7 heteroatoms. The van der Waals surface area contributed by atoms with Crippen LogP contribution >= 0.6 is 25.3 Å². The second-order valence-corrected chi connectivity index (χ2v) is 3.86. The summed E-state index contributed by atoms with van der Waals surface area (Å²) < 4.78 is 0. The first-order valence-electron chi connectivity index (χ1n) is 4.37. The molecular formula is C8H15NO4S2. The Balaban J connectivity index is 4.41. The number of carbonyl (C=O) groups excluding carboxylic acids is 1. The van der Waals surface area contributed by atoms with E-state index in [9.17, 15) is 9.59 Å². The smallest absolute Gasteiger partial charge is 0.328 e. The zero-order chi connectivity index (χ0) is 12.0. The Morgan fingerprint density at radius 1 is 1.33 bits per heavy atom. The van der Waals surface area contributed by atoms with Gasteiger partial charge in [0.25, 0.3) is 0 Å². The van der Waals surface area contributed by atoms with E-state index < -0.39 is 29.9 Å². The molecule has 88 valence electrons. The van der Waals surface area contributed by atoms with Crippen LogP contribution < -0.4 is 5.32 Å². The molecular weight excluding hydrogens is 238 g/mol. The number of thiol groups is 2. The van der Waals surface area contributed by atoms with Gasteiger partial charge in [-0.2, -0.15) is 25.3 Å². The zero-order valence-corrected chi connectivity index (χ0v) is 10.0. The fourth-order valence-corrected chi connectivity index (χ4v) is 1.68. The van der Waals surface area contributed by atoms with Crippen molar-refractivity contribution in [2.45, 2.75) is 19.1 Å². The number of aliphatic hydroxyl groups excluding tert-OH is 1. The summed E-state index contributed by atoms with van der Waals surface area (Å²) in [6, 6.07) is -1.29. The number of carboxylic acid groups (broad SMARTS) is 1. The summed E-state index contributed by atoms with van der Waals surface area (Å²) in [7, 11) is 0. The van der Waals surface area contributed by atoms with Gasteiger partial charge in [-0.3, -0.25) is 4.79 Å². The highest BCUT2D eigenvalue weighted by atomic mass is 32.1. The largest absolute Gasteiger partial charge is 0.480 e. The maximum atomic E-state index is 11.4. The molecule has 0 aromatic heterocycles. The van der Waals surface area contributed by atoms with E-state index in [1.165, 1.54) is 6.92 Å². The summed E-state index contributed by atoms with van der Waals surface area (Å²) in [6.07, 6.45) is -1.15. The molecule has 0 bridgehead atoms. The third-order valence-corrected chi connectivity index (χ3v) is 2.74. The monoisotopic (exact) mass is 253 g/mol. The van der Waals surface area contributed by atoms with Crippen LogP contribution in [-0.2, 0) is 9.59 Å². The molecule has 3 N–H and O–H groups in total. The lowest BCUT2D eigenvalue weighted by molar-refractivity contribution is -0.145. The first-order valence-corrected chi connectivity index (χ1v) is 5.63. The minimum Gasteiger partial charge on any atom is -0.480 e. The molecule has 0 heterocycles. The van der Waals surface area contributed by atoms with Crippen molar-refractivity contribution >= 4 is 37.1 Å². The van der Waals surface area contributed by atoms with E-state index in [1.54, 1.807) is 0 Å². The zero-order valence-electron chi connectivity index (χ0n) is 8.25. The van der Waals surface area contributed by atoms with Gasteiger partial charge in [-0.05, 0) is 6.92 Å². The minimum atomic E-state index is -1.29.